The molecule has 7 nitrogen and oxygen atoms in total. The largest absolute Gasteiger partial charge is 0.491 e. The maximum Gasteiger partial charge on any atom is 0.269 e. The molecule has 0 bridgehead atoms. The van der Waals surface area contributed by atoms with E-state index in [4.69, 9.17) is 10.5 Å². The van der Waals surface area contributed by atoms with Crippen LogP contribution in [-0.2, 0) is 6.54 Å². The van der Waals surface area contributed by atoms with Gasteiger partial charge in [0.1, 0.15) is 47.3 Å². The van der Waals surface area contributed by atoms with E-state index in [9.17, 15) is 28.2 Å². The van der Waals surface area contributed by atoms with Crippen LogP contribution in [0.5, 0.6) is 5.75 Å². The molecule has 4 N–H and O–H groups in total. The van der Waals surface area contributed by atoms with Gasteiger partial charge in [-0.15, -0.1) is 0 Å². The van der Waals surface area contributed by atoms with Gasteiger partial charge in [0.2, 0.25) is 0 Å². The van der Waals surface area contributed by atoms with Crippen molar-refractivity contribution in [2.45, 2.75) is 32.1 Å². The van der Waals surface area contributed by atoms with E-state index >= 15 is 0 Å². The van der Waals surface area contributed by atoms with Crippen LogP contribution in [0.25, 0.3) is 11.4 Å². The van der Waals surface area contributed by atoms with E-state index in [1.165, 1.54) is 24.5 Å². The Balaban J connectivity index is 1.93. The van der Waals surface area contributed by atoms with E-state index in [0.29, 0.717) is 6.07 Å². The van der Waals surface area contributed by atoms with E-state index in [2.05, 4.69) is 16.8 Å². The van der Waals surface area contributed by atoms with Crippen LogP contribution in [0.2, 0.25) is 0 Å². The Labute approximate surface area is 192 Å². The van der Waals surface area contributed by atoms with E-state index in [-0.39, 0.29) is 52.8 Å². The Kier molecular flexibility index (Phi) is 5.85. The van der Waals surface area contributed by atoms with Gasteiger partial charge in [-0.25, -0.2) is 18.2 Å². The lowest BCUT2D eigenvalue weighted by molar-refractivity contribution is 0.0989. The number of carbonyl (C=O) groups excluding carboxylic acids is 1. The van der Waals surface area contributed by atoms with Crippen LogP contribution in [-0.4, -0.2) is 37.9 Å². The van der Waals surface area contributed by atoms with Crippen molar-refractivity contribution >= 4 is 5.91 Å². The number of hydrogen-bond acceptors (Lipinski definition) is 5. The van der Waals surface area contributed by atoms with Gasteiger partial charge in [-0.05, 0) is 37.6 Å². The molecule has 0 fully saturated rings. The molecule has 1 unspecified atom stereocenters. The summed E-state index contributed by atoms with van der Waals surface area (Å²) in [6, 6.07) is 4.96. The number of nitrogens with zero attached hydrogens (tertiary/aromatic N) is 2. The third kappa shape index (κ3) is 4.48. The summed E-state index contributed by atoms with van der Waals surface area (Å²) in [5.41, 5.74) is 3.77. The van der Waals surface area contributed by atoms with Crippen LogP contribution in [0.1, 0.15) is 47.3 Å². The quantitative estimate of drug-likeness (QED) is 0.509. The number of nitrogens with two attached hydrogens (primary N) is 1. The SMILES string of the molecule is CC(C)(O)C#Cc1cc2c(cc1F)OCCn1c-2nc(C(N)=O)c1C(O)c1cc(F)cc(F)c1. The fourth-order valence-electron chi connectivity index (χ4n) is 3.66. The van der Waals surface area contributed by atoms with Crippen molar-refractivity contribution < 1.29 is 32.9 Å². The lowest BCUT2D eigenvalue weighted by atomic mass is 10.0. The number of aliphatic hydroxyl groups is 2. The number of aliphatic hydroxyl groups excluding tert-OH is 1. The van der Waals surface area contributed by atoms with Crippen LogP contribution >= 0.6 is 0 Å². The molecule has 0 aliphatic carbocycles. The zero-order valence-electron chi connectivity index (χ0n) is 18.2. The molecule has 0 radical (unpaired) electrons. The number of benzene rings is 2. The minimum atomic E-state index is -1.65. The summed E-state index contributed by atoms with van der Waals surface area (Å²) < 4.78 is 49.2. The Morgan fingerprint density at radius 1 is 1.21 bits per heavy atom. The molecule has 1 aromatic heterocycles. The predicted molar refractivity (Wildman–Crippen MR) is 115 cm³/mol. The Morgan fingerprint density at radius 2 is 1.88 bits per heavy atom. The molecule has 4 rings (SSSR count). The summed E-state index contributed by atoms with van der Waals surface area (Å²) in [6.45, 7) is 2.97. The lowest BCUT2D eigenvalue weighted by Gasteiger charge is -2.16. The second kappa shape index (κ2) is 8.52. The first-order valence-electron chi connectivity index (χ1n) is 10.2. The highest BCUT2D eigenvalue weighted by Gasteiger charge is 2.31. The monoisotopic (exact) mass is 471 g/mol. The van der Waals surface area contributed by atoms with Gasteiger partial charge in [0.15, 0.2) is 5.69 Å². The maximum atomic E-state index is 14.6. The summed E-state index contributed by atoms with van der Waals surface area (Å²) in [4.78, 5) is 16.5. The van der Waals surface area contributed by atoms with Crippen molar-refractivity contribution in [2.75, 3.05) is 6.61 Å². The summed E-state index contributed by atoms with van der Waals surface area (Å²) in [7, 11) is 0. The molecule has 1 atom stereocenters. The number of imidazole rings is 1. The molecule has 34 heavy (non-hydrogen) atoms. The van der Waals surface area contributed by atoms with Crippen LogP contribution in [0, 0.1) is 29.3 Å². The Hall–Kier alpha value is -3.81. The summed E-state index contributed by atoms with van der Waals surface area (Å²) in [5, 5.41) is 20.8. The fraction of sp³-hybridized carbons (Fsp3) is 0.250. The van der Waals surface area contributed by atoms with Crippen molar-refractivity contribution in [3.8, 4) is 29.0 Å². The first-order valence-corrected chi connectivity index (χ1v) is 10.2. The van der Waals surface area contributed by atoms with Crippen molar-refractivity contribution in [3.63, 3.8) is 0 Å². The van der Waals surface area contributed by atoms with Crippen LogP contribution in [0.15, 0.2) is 30.3 Å². The highest BCUT2D eigenvalue weighted by Crippen LogP contribution is 2.38. The molecule has 3 aromatic rings. The van der Waals surface area contributed by atoms with Crippen molar-refractivity contribution in [2.24, 2.45) is 5.73 Å². The maximum absolute atomic E-state index is 14.6. The fourth-order valence-corrected chi connectivity index (χ4v) is 3.66. The normalized spacial score (nSPS) is 13.6. The van der Waals surface area contributed by atoms with Crippen molar-refractivity contribution in [1.82, 2.24) is 9.55 Å². The van der Waals surface area contributed by atoms with Crippen LogP contribution < -0.4 is 10.5 Å². The number of halogens is 3. The molecule has 10 heteroatoms. The Bertz CT molecular complexity index is 1350. The minimum Gasteiger partial charge on any atom is -0.491 e. The van der Waals surface area contributed by atoms with Crippen molar-refractivity contribution in [1.29, 1.82) is 0 Å². The summed E-state index contributed by atoms with van der Waals surface area (Å²) in [5.74, 6) is 1.84. The number of carbonyl (C=O) groups is 1. The first-order chi connectivity index (χ1) is 15.9. The highest BCUT2D eigenvalue weighted by atomic mass is 19.1. The number of ether oxygens (including phenoxy) is 1. The summed E-state index contributed by atoms with van der Waals surface area (Å²) in [6.07, 6.45) is -1.65. The van der Waals surface area contributed by atoms with Crippen molar-refractivity contribution in [3.05, 3.63) is 70.3 Å². The van der Waals surface area contributed by atoms with Gasteiger partial charge in [0.05, 0.1) is 23.4 Å². The van der Waals surface area contributed by atoms with E-state index in [1.54, 1.807) is 0 Å². The van der Waals surface area contributed by atoms with Gasteiger partial charge < -0.3 is 25.3 Å². The molecule has 1 aliphatic heterocycles. The number of hydrogen-bond donors (Lipinski definition) is 3. The average Bonchev–Trinajstić information content (AvgIpc) is 3.02. The van der Waals surface area contributed by atoms with Gasteiger partial charge in [0, 0.05) is 12.1 Å². The third-order valence-electron chi connectivity index (χ3n) is 5.09. The molecule has 1 amide bonds. The zero-order valence-corrected chi connectivity index (χ0v) is 18.2. The molecule has 2 heterocycles. The lowest BCUT2D eigenvalue weighted by Crippen LogP contribution is -2.19. The van der Waals surface area contributed by atoms with Gasteiger partial charge in [-0.2, -0.15) is 0 Å². The molecule has 1 aliphatic rings. The minimum absolute atomic E-state index is 0.0138. The number of fused-ring (bicyclic) bond motifs is 3. The molecule has 0 spiro atoms. The molecule has 2 aromatic carbocycles. The number of aromatic nitrogens is 2. The average molecular weight is 471 g/mol. The number of amides is 1. The summed E-state index contributed by atoms with van der Waals surface area (Å²) >= 11 is 0. The second-order valence-corrected chi connectivity index (χ2v) is 8.28. The molecular formula is C24H20F3N3O4. The number of primary amides is 1. The first kappa shape index (κ1) is 23.4. The molecular weight excluding hydrogens is 451 g/mol. The Morgan fingerprint density at radius 3 is 2.50 bits per heavy atom. The number of rotatable bonds is 3. The van der Waals surface area contributed by atoms with Gasteiger partial charge >= 0.3 is 0 Å². The van der Waals surface area contributed by atoms with E-state index < -0.39 is 35.1 Å². The smallest absolute Gasteiger partial charge is 0.269 e. The topological polar surface area (TPSA) is 111 Å². The highest BCUT2D eigenvalue weighted by molar-refractivity contribution is 5.93. The molecule has 176 valence electrons. The molecule has 0 saturated carbocycles. The second-order valence-electron chi connectivity index (χ2n) is 8.28. The van der Waals surface area contributed by atoms with Gasteiger partial charge in [0.25, 0.3) is 5.91 Å². The standard InChI is InChI=1S/C24H20F3N3O4/c1-24(2,33)4-3-12-9-16-18(11-17(12)27)34-6-5-30-20(19(22(28)32)29-23(16)30)21(31)13-7-14(25)10-15(26)8-13/h7-11,21,31,33H,5-6H2,1-2H3,(H2,28,32). The zero-order chi connectivity index (χ0) is 24.8. The predicted octanol–water partition coefficient (Wildman–Crippen LogP) is 2.66. The molecule has 0 saturated heterocycles. The van der Waals surface area contributed by atoms with Crippen LogP contribution in [0.4, 0.5) is 13.2 Å². The van der Waals surface area contributed by atoms with E-state index in [0.717, 1.165) is 18.2 Å². The van der Waals surface area contributed by atoms with E-state index in [1.807, 2.05) is 0 Å². The third-order valence-corrected chi connectivity index (χ3v) is 5.09. The van der Waals surface area contributed by atoms with Gasteiger partial charge in [-0.3, -0.25) is 4.79 Å². The van der Waals surface area contributed by atoms with Crippen LogP contribution in [0.3, 0.4) is 0 Å². The van der Waals surface area contributed by atoms with Gasteiger partial charge in [-0.1, -0.05) is 11.8 Å².